The van der Waals surface area contributed by atoms with E-state index in [2.05, 4.69) is 67.8 Å². The number of aromatic nitrogens is 2. The van der Waals surface area contributed by atoms with E-state index in [1.54, 1.807) is 12.3 Å². The number of pyridine rings is 1. The van der Waals surface area contributed by atoms with Crippen LogP contribution in [-0.2, 0) is 19.5 Å². The maximum Gasteiger partial charge on any atom is 0.293 e. The highest BCUT2D eigenvalue weighted by atomic mass is 32.2. The highest BCUT2D eigenvalue weighted by Gasteiger charge is 2.50. The van der Waals surface area contributed by atoms with Crippen LogP contribution in [0.2, 0.25) is 0 Å². The number of benzene rings is 3. The molecule has 1 amide bonds. The summed E-state index contributed by atoms with van der Waals surface area (Å²) >= 11 is 0. The molecule has 376 valence electrons. The summed E-state index contributed by atoms with van der Waals surface area (Å²) in [4.78, 5) is 41.0. The highest BCUT2D eigenvalue weighted by Crippen LogP contribution is 2.54. The van der Waals surface area contributed by atoms with Crippen molar-refractivity contribution in [1.82, 2.24) is 19.6 Å². The summed E-state index contributed by atoms with van der Waals surface area (Å²) in [6, 6.07) is 22.5. The number of piperidine rings is 2. The standard InChI is InChI=1S/C53H63FN8O8S/c1-34(2)39-7-3-4-8-40(39)43-9-5-6-21-60(43)37-30-52(31-37)16-22-59(23-17-52)36-10-12-41(45(28-36)61-44-15-24-69-32-48(44)70-51-47(61)27-35-14-20-55-49(35)57-51)50(63)58-71(66,67)38-11-13-42(46(29-38)62(64)65)56-33-53(54)18-25-68-26-19-53/h3-4,7-8,10-14,20,27-29,34,37,43-44,48,56H,5-6,9,15-19,21-26,30-33H2,1-2H3,(H,55,57)(H,58,63)/t43-,44+,48+/m1/s1. The Kier molecular flexibility index (Phi) is 12.7. The van der Waals surface area contributed by atoms with Gasteiger partial charge in [0, 0.05) is 87.7 Å². The molecule has 18 heteroatoms. The number of amides is 1. The molecule has 3 aromatic carbocycles. The number of alkyl halides is 1. The lowest BCUT2D eigenvalue weighted by molar-refractivity contribution is -0.384. The fourth-order valence-electron chi connectivity index (χ4n) is 12.3. The van der Waals surface area contributed by atoms with E-state index in [9.17, 15) is 23.3 Å². The van der Waals surface area contributed by atoms with E-state index < -0.39 is 43.2 Å². The molecule has 4 saturated heterocycles. The van der Waals surface area contributed by atoms with Crippen molar-refractivity contribution in [1.29, 1.82) is 0 Å². The normalized spacial score (nSPS) is 23.4. The Labute approximate surface area is 413 Å². The third-order valence-corrected chi connectivity index (χ3v) is 17.6. The molecular formula is C53H63FN8O8S. The third-order valence-electron chi connectivity index (χ3n) is 16.3. The molecule has 0 bridgehead atoms. The van der Waals surface area contributed by atoms with Crippen LogP contribution >= 0.6 is 0 Å². The monoisotopic (exact) mass is 990 g/mol. The van der Waals surface area contributed by atoms with Crippen LogP contribution in [0, 0.1) is 15.5 Å². The first-order valence-corrected chi connectivity index (χ1v) is 26.9. The molecule has 5 aliphatic heterocycles. The lowest BCUT2D eigenvalue weighted by Gasteiger charge is -2.57. The Hall–Kier alpha value is -5.82. The number of rotatable bonds is 12. The Morgan fingerprint density at radius 1 is 0.944 bits per heavy atom. The number of carbonyl (C=O) groups is 1. The maximum atomic E-state index is 15.4. The van der Waals surface area contributed by atoms with Gasteiger partial charge >= 0.3 is 0 Å². The number of carbonyl (C=O) groups excluding carboxylic acids is 1. The molecule has 2 aromatic heterocycles. The number of sulfonamides is 1. The average molecular weight is 991 g/mol. The van der Waals surface area contributed by atoms with Gasteiger partial charge in [0.25, 0.3) is 21.6 Å². The molecule has 3 N–H and O–H groups in total. The molecule has 3 atom stereocenters. The van der Waals surface area contributed by atoms with Crippen LogP contribution in [0.5, 0.6) is 5.88 Å². The summed E-state index contributed by atoms with van der Waals surface area (Å²) in [6.07, 6.45) is 10.3. The second-order valence-electron chi connectivity index (χ2n) is 21.0. The van der Waals surface area contributed by atoms with E-state index in [4.69, 9.17) is 19.2 Å². The lowest BCUT2D eigenvalue weighted by Crippen LogP contribution is -2.56. The van der Waals surface area contributed by atoms with Gasteiger partial charge in [0.05, 0.1) is 33.7 Å². The van der Waals surface area contributed by atoms with Crippen molar-refractivity contribution >= 4 is 55.4 Å². The molecule has 6 aliphatic rings. The quantitative estimate of drug-likeness (QED) is 0.0795. The zero-order valence-corrected chi connectivity index (χ0v) is 41.2. The summed E-state index contributed by atoms with van der Waals surface area (Å²) in [6.45, 7) is 8.40. The molecule has 0 radical (unpaired) electrons. The van der Waals surface area contributed by atoms with Crippen molar-refractivity contribution in [2.75, 3.05) is 67.7 Å². The molecule has 71 heavy (non-hydrogen) atoms. The van der Waals surface area contributed by atoms with Gasteiger partial charge in [0.1, 0.15) is 28.8 Å². The summed E-state index contributed by atoms with van der Waals surface area (Å²) in [7, 11) is -4.67. The van der Waals surface area contributed by atoms with Gasteiger partial charge in [-0.05, 0) is 116 Å². The number of nitro benzene ring substituents is 1. The first-order chi connectivity index (χ1) is 34.3. The van der Waals surface area contributed by atoms with Gasteiger partial charge in [-0.2, -0.15) is 4.98 Å². The molecule has 16 nitrogen and oxygen atoms in total. The minimum absolute atomic E-state index is 0.0385. The highest BCUT2D eigenvalue weighted by molar-refractivity contribution is 7.90. The molecule has 7 heterocycles. The SMILES string of the molecule is CC(C)c1ccccc1[C@H]1CCCCN1C1CC2(CCN(c3ccc(C(=O)NS(=O)(=O)c4ccc(NCC5(F)CCOCC5)c([N+](=O)[O-])c4)c(N4c5cc6cc[nH]c6nc5O[C@H]5COCC[C@@H]54)c3)CC2)C1. The van der Waals surface area contributed by atoms with Crippen molar-refractivity contribution in [3.63, 3.8) is 0 Å². The van der Waals surface area contributed by atoms with Gasteiger partial charge in [0.2, 0.25) is 5.88 Å². The predicted molar refractivity (Wildman–Crippen MR) is 269 cm³/mol. The third kappa shape index (κ3) is 9.21. The van der Waals surface area contributed by atoms with Gasteiger partial charge in [-0.3, -0.25) is 19.8 Å². The number of likely N-dealkylation sites (tertiary alicyclic amines) is 1. The summed E-state index contributed by atoms with van der Waals surface area (Å²) < 4.78 is 63.6. The smallest absolute Gasteiger partial charge is 0.293 e. The number of hydrogen-bond acceptors (Lipinski definition) is 13. The molecule has 1 aliphatic carbocycles. The van der Waals surface area contributed by atoms with Crippen LogP contribution in [0.1, 0.15) is 112 Å². The molecule has 1 saturated carbocycles. The number of H-pyrrole nitrogens is 1. The minimum Gasteiger partial charge on any atom is -0.468 e. The van der Waals surface area contributed by atoms with Crippen molar-refractivity contribution in [3.05, 3.63) is 106 Å². The zero-order valence-electron chi connectivity index (χ0n) is 40.4. The van der Waals surface area contributed by atoms with E-state index >= 15 is 4.39 Å². The first-order valence-electron chi connectivity index (χ1n) is 25.4. The van der Waals surface area contributed by atoms with E-state index in [1.165, 1.54) is 55.4 Å². The number of nitrogens with zero attached hydrogens (tertiary/aromatic N) is 5. The topological polar surface area (TPSA) is 184 Å². The van der Waals surface area contributed by atoms with Crippen molar-refractivity contribution in [2.24, 2.45) is 5.41 Å². The van der Waals surface area contributed by atoms with Gasteiger partial charge in [-0.25, -0.2) is 17.5 Å². The van der Waals surface area contributed by atoms with Crippen molar-refractivity contribution < 1.29 is 36.7 Å². The Bertz CT molecular complexity index is 2930. The molecule has 11 rings (SSSR count). The Balaban J connectivity index is 0.874. The Morgan fingerprint density at radius 3 is 2.54 bits per heavy atom. The van der Waals surface area contributed by atoms with Crippen LogP contribution in [0.4, 0.5) is 32.8 Å². The van der Waals surface area contributed by atoms with Crippen LogP contribution in [-0.4, -0.2) is 111 Å². The van der Waals surface area contributed by atoms with Crippen molar-refractivity contribution in [3.8, 4) is 5.88 Å². The Morgan fingerprint density at radius 2 is 1.75 bits per heavy atom. The van der Waals surface area contributed by atoms with Gasteiger partial charge in [-0.1, -0.05) is 44.5 Å². The number of aromatic amines is 1. The van der Waals surface area contributed by atoms with E-state index in [0.717, 1.165) is 49.6 Å². The number of nitrogens with one attached hydrogen (secondary N) is 3. The summed E-state index contributed by atoms with van der Waals surface area (Å²) in [5.74, 6) is -0.0746. The van der Waals surface area contributed by atoms with E-state index in [0.29, 0.717) is 60.5 Å². The number of hydrogen-bond donors (Lipinski definition) is 3. The van der Waals surface area contributed by atoms with Crippen LogP contribution < -0.4 is 24.6 Å². The second kappa shape index (κ2) is 19.0. The van der Waals surface area contributed by atoms with Gasteiger partial charge in [0.15, 0.2) is 0 Å². The molecular weight excluding hydrogens is 928 g/mol. The fraction of sp³-hybridized carbons (Fsp3) is 0.509. The van der Waals surface area contributed by atoms with Gasteiger partial charge < -0.3 is 34.3 Å². The molecule has 0 unspecified atom stereocenters. The zero-order chi connectivity index (χ0) is 49.1. The van der Waals surface area contributed by atoms with Crippen LogP contribution in [0.25, 0.3) is 11.0 Å². The molecule has 1 spiro atoms. The van der Waals surface area contributed by atoms with E-state index in [-0.39, 0.29) is 55.3 Å². The number of anilines is 4. The molecule has 5 fully saturated rings. The number of fused-ring (bicyclic) bond motifs is 3. The summed E-state index contributed by atoms with van der Waals surface area (Å²) in [5.41, 5.74) is 3.74. The van der Waals surface area contributed by atoms with Crippen LogP contribution in [0.15, 0.2) is 83.9 Å². The average Bonchev–Trinajstić information content (AvgIpc) is 3.83. The maximum absolute atomic E-state index is 15.4. The number of nitro groups is 1. The van der Waals surface area contributed by atoms with E-state index in [1.807, 2.05) is 24.3 Å². The van der Waals surface area contributed by atoms with Gasteiger partial charge in [-0.15, -0.1) is 0 Å². The fourth-order valence-corrected chi connectivity index (χ4v) is 13.3. The van der Waals surface area contributed by atoms with Crippen molar-refractivity contribution in [2.45, 2.75) is 119 Å². The number of ether oxygens (including phenoxy) is 3. The first kappa shape index (κ1) is 47.5. The lowest BCUT2D eigenvalue weighted by atomic mass is 9.59. The predicted octanol–water partition coefficient (Wildman–Crippen LogP) is 9.31. The minimum atomic E-state index is -4.67. The van der Waals surface area contributed by atoms with Crippen LogP contribution in [0.3, 0.4) is 0 Å². The number of halogens is 1. The summed E-state index contributed by atoms with van der Waals surface area (Å²) in [5, 5.41) is 15.9. The molecule has 5 aromatic rings. The largest absolute Gasteiger partial charge is 0.468 e. The second-order valence-corrected chi connectivity index (χ2v) is 22.6.